The molecule has 1 aliphatic rings. The summed E-state index contributed by atoms with van der Waals surface area (Å²) in [6.45, 7) is 0.912. The average Bonchev–Trinajstić information content (AvgIpc) is 2.72. The minimum Gasteiger partial charge on any atom is -0.309 e. The molecular formula is C26H26F3N. The van der Waals surface area contributed by atoms with Gasteiger partial charge in [0.05, 0.1) is 5.56 Å². The van der Waals surface area contributed by atoms with E-state index in [-0.39, 0.29) is 5.92 Å². The molecule has 0 saturated heterocycles. The molecule has 4 heteroatoms. The zero-order chi connectivity index (χ0) is 21.3. The van der Waals surface area contributed by atoms with Gasteiger partial charge in [0.25, 0.3) is 0 Å². The molecule has 4 rings (SSSR count). The summed E-state index contributed by atoms with van der Waals surface area (Å²) in [6, 6.07) is 22.3. The minimum absolute atomic E-state index is 0.0292. The van der Waals surface area contributed by atoms with E-state index < -0.39 is 17.7 Å². The fourth-order valence-electron chi connectivity index (χ4n) is 4.78. The van der Waals surface area contributed by atoms with Crippen LogP contribution in [0.15, 0.2) is 72.8 Å². The van der Waals surface area contributed by atoms with Gasteiger partial charge in [-0.3, -0.25) is 0 Å². The lowest BCUT2D eigenvalue weighted by molar-refractivity contribution is -0.138. The average molecular weight is 409 g/mol. The van der Waals surface area contributed by atoms with Gasteiger partial charge in [-0.15, -0.1) is 0 Å². The van der Waals surface area contributed by atoms with Crippen LogP contribution < -0.4 is 0 Å². The summed E-state index contributed by atoms with van der Waals surface area (Å²) in [7, 11) is 4.05. The molecule has 30 heavy (non-hydrogen) atoms. The third-order valence-corrected chi connectivity index (χ3v) is 6.02. The molecule has 156 valence electrons. The summed E-state index contributed by atoms with van der Waals surface area (Å²) in [5.41, 5.74) is 3.76. The molecule has 0 aromatic heterocycles. The van der Waals surface area contributed by atoms with Crippen molar-refractivity contribution in [2.24, 2.45) is 0 Å². The molecule has 0 aliphatic heterocycles. The van der Waals surface area contributed by atoms with Gasteiger partial charge in [-0.25, -0.2) is 0 Å². The van der Waals surface area contributed by atoms with E-state index in [9.17, 15) is 13.2 Å². The zero-order valence-corrected chi connectivity index (χ0v) is 17.3. The Morgan fingerprint density at radius 3 is 2.07 bits per heavy atom. The van der Waals surface area contributed by atoms with Gasteiger partial charge in [0.1, 0.15) is 0 Å². The van der Waals surface area contributed by atoms with Crippen LogP contribution in [-0.4, -0.2) is 25.5 Å². The second-order valence-electron chi connectivity index (χ2n) is 8.28. The van der Waals surface area contributed by atoms with Crippen LogP contribution in [0.25, 0.3) is 0 Å². The second kappa shape index (κ2) is 8.27. The SMILES string of the molecule is CN(C)CCCC1c2ccccc2C(c2ccccc2)c2c1cccc2C(F)(F)F. The maximum atomic E-state index is 14.1. The van der Waals surface area contributed by atoms with Crippen molar-refractivity contribution in [2.45, 2.75) is 30.9 Å². The third-order valence-electron chi connectivity index (χ3n) is 6.02. The molecule has 0 amide bonds. The predicted octanol–water partition coefficient (Wildman–Crippen LogP) is 6.67. The van der Waals surface area contributed by atoms with Crippen molar-refractivity contribution in [3.05, 3.63) is 106 Å². The van der Waals surface area contributed by atoms with E-state index in [0.29, 0.717) is 5.56 Å². The number of rotatable bonds is 5. The third kappa shape index (κ3) is 3.89. The van der Waals surface area contributed by atoms with Crippen molar-refractivity contribution in [1.82, 2.24) is 4.90 Å². The van der Waals surface area contributed by atoms with Crippen molar-refractivity contribution in [3.8, 4) is 0 Å². The minimum atomic E-state index is -4.39. The highest BCUT2D eigenvalue weighted by Crippen LogP contribution is 2.51. The van der Waals surface area contributed by atoms with E-state index in [2.05, 4.69) is 11.0 Å². The highest BCUT2D eigenvalue weighted by Gasteiger charge is 2.41. The highest BCUT2D eigenvalue weighted by molar-refractivity contribution is 5.60. The van der Waals surface area contributed by atoms with E-state index in [1.807, 2.05) is 68.7 Å². The first kappa shape index (κ1) is 20.7. The topological polar surface area (TPSA) is 3.24 Å². The molecule has 0 heterocycles. The molecule has 0 N–H and O–H groups in total. The Balaban J connectivity index is 1.94. The van der Waals surface area contributed by atoms with Gasteiger partial charge in [-0.2, -0.15) is 13.2 Å². The molecule has 0 saturated carbocycles. The summed E-state index contributed by atoms with van der Waals surface area (Å²) < 4.78 is 42.4. The molecule has 3 aromatic carbocycles. The monoisotopic (exact) mass is 409 g/mol. The summed E-state index contributed by atoms with van der Waals surface area (Å²) in [4.78, 5) is 2.12. The fourth-order valence-corrected chi connectivity index (χ4v) is 4.78. The first-order chi connectivity index (χ1) is 14.4. The van der Waals surface area contributed by atoms with Crippen molar-refractivity contribution in [1.29, 1.82) is 0 Å². The predicted molar refractivity (Wildman–Crippen MR) is 115 cm³/mol. The molecule has 0 fully saturated rings. The van der Waals surface area contributed by atoms with Crippen LogP contribution in [-0.2, 0) is 6.18 Å². The Morgan fingerprint density at radius 1 is 0.767 bits per heavy atom. The Morgan fingerprint density at radius 2 is 1.40 bits per heavy atom. The Labute approximate surface area is 176 Å². The lowest BCUT2D eigenvalue weighted by Crippen LogP contribution is -2.24. The first-order valence-corrected chi connectivity index (χ1v) is 10.4. The zero-order valence-electron chi connectivity index (χ0n) is 17.3. The number of benzene rings is 3. The Kier molecular flexibility index (Phi) is 5.70. The van der Waals surface area contributed by atoms with E-state index in [4.69, 9.17) is 0 Å². The van der Waals surface area contributed by atoms with Crippen LogP contribution >= 0.6 is 0 Å². The Bertz CT molecular complexity index is 1010. The molecule has 3 aromatic rings. The number of nitrogens with zero attached hydrogens (tertiary/aromatic N) is 1. The number of hydrogen-bond donors (Lipinski definition) is 0. The Hall–Kier alpha value is -2.59. The van der Waals surface area contributed by atoms with Crippen molar-refractivity contribution < 1.29 is 13.2 Å². The second-order valence-corrected chi connectivity index (χ2v) is 8.28. The number of alkyl halides is 3. The molecule has 1 nitrogen and oxygen atoms in total. The van der Waals surface area contributed by atoms with Gasteiger partial charge >= 0.3 is 6.18 Å². The molecular weight excluding hydrogens is 383 g/mol. The number of halogens is 3. The van der Waals surface area contributed by atoms with E-state index in [0.717, 1.165) is 41.6 Å². The highest BCUT2D eigenvalue weighted by atomic mass is 19.4. The van der Waals surface area contributed by atoms with Crippen LogP contribution in [0.4, 0.5) is 13.2 Å². The molecule has 0 spiro atoms. The lowest BCUT2D eigenvalue weighted by Gasteiger charge is -2.36. The van der Waals surface area contributed by atoms with Crippen LogP contribution in [0.5, 0.6) is 0 Å². The largest absolute Gasteiger partial charge is 0.416 e. The quantitative estimate of drug-likeness (QED) is 0.455. The van der Waals surface area contributed by atoms with Gasteiger partial charge < -0.3 is 4.90 Å². The molecule has 2 unspecified atom stereocenters. The summed E-state index contributed by atoms with van der Waals surface area (Å²) in [5, 5.41) is 0. The maximum absolute atomic E-state index is 14.1. The summed E-state index contributed by atoms with van der Waals surface area (Å²) >= 11 is 0. The van der Waals surface area contributed by atoms with Gasteiger partial charge in [0, 0.05) is 11.8 Å². The van der Waals surface area contributed by atoms with E-state index in [1.165, 1.54) is 6.07 Å². The van der Waals surface area contributed by atoms with Gasteiger partial charge in [0.2, 0.25) is 0 Å². The first-order valence-electron chi connectivity index (χ1n) is 10.4. The lowest BCUT2D eigenvalue weighted by atomic mass is 9.67. The summed E-state index contributed by atoms with van der Waals surface area (Å²) in [5.74, 6) is -0.446. The van der Waals surface area contributed by atoms with E-state index >= 15 is 0 Å². The number of hydrogen-bond acceptors (Lipinski definition) is 1. The van der Waals surface area contributed by atoms with Crippen LogP contribution in [0.3, 0.4) is 0 Å². The van der Waals surface area contributed by atoms with Crippen LogP contribution in [0.2, 0.25) is 0 Å². The number of fused-ring (bicyclic) bond motifs is 2. The van der Waals surface area contributed by atoms with Crippen LogP contribution in [0.1, 0.15) is 58.1 Å². The van der Waals surface area contributed by atoms with Gasteiger partial charge in [0.15, 0.2) is 0 Å². The van der Waals surface area contributed by atoms with Crippen LogP contribution in [0, 0.1) is 0 Å². The van der Waals surface area contributed by atoms with E-state index in [1.54, 1.807) is 6.07 Å². The smallest absolute Gasteiger partial charge is 0.309 e. The summed E-state index contributed by atoms with van der Waals surface area (Å²) in [6.07, 6.45) is -2.64. The van der Waals surface area contributed by atoms with Gasteiger partial charge in [-0.1, -0.05) is 66.7 Å². The van der Waals surface area contributed by atoms with Crippen molar-refractivity contribution in [2.75, 3.05) is 20.6 Å². The fraction of sp³-hybridized carbons (Fsp3) is 0.308. The van der Waals surface area contributed by atoms with Gasteiger partial charge in [-0.05, 0) is 67.4 Å². The molecule has 2 atom stereocenters. The van der Waals surface area contributed by atoms with Crippen molar-refractivity contribution in [3.63, 3.8) is 0 Å². The molecule has 0 radical (unpaired) electrons. The standard InChI is InChI=1S/C26H26F3N/c1-30(2)17-9-15-20-19-12-6-7-13-21(19)24(18-10-4-3-5-11-18)25-22(20)14-8-16-23(25)26(27,28)29/h3-8,10-14,16,20,24H,9,15,17H2,1-2H3. The normalized spacial score (nSPS) is 18.2. The van der Waals surface area contributed by atoms with Crippen molar-refractivity contribution >= 4 is 0 Å². The molecule has 0 bridgehead atoms. The molecule has 1 aliphatic carbocycles. The maximum Gasteiger partial charge on any atom is 0.416 e.